The van der Waals surface area contributed by atoms with Crippen LogP contribution in [-0.2, 0) is 10.0 Å². The summed E-state index contributed by atoms with van der Waals surface area (Å²) in [5, 5.41) is 3.21. The van der Waals surface area contributed by atoms with Crippen molar-refractivity contribution in [1.82, 2.24) is 9.62 Å². The van der Waals surface area contributed by atoms with Gasteiger partial charge in [-0.2, -0.15) is 4.31 Å². The molecule has 0 aliphatic carbocycles. The molecule has 1 aromatic rings. The first-order valence-electron chi connectivity index (χ1n) is 6.25. The van der Waals surface area contributed by atoms with Crippen LogP contribution in [0.15, 0.2) is 21.5 Å². The molecular weight excluding hydrogens is 354 g/mol. The van der Waals surface area contributed by atoms with Gasteiger partial charge < -0.3 is 5.32 Å². The highest BCUT2D eigenvalue weighted by molar-refractivity contribution is 9.10. The molecule has 2 fully saturated rings. The van der Waals surface area contributed by atoms with Crippen molar-refractivity contribution in [2.24, 2.45) is 11.8 Å². The first-order chi connectivity index (χ1) is 9.39. The third-order valence-electron chi connectivity index (χ3n) is 3.92. The second kappa shape index (κ2) is 5.01. The fraction of sp³-hybridized carbons (Fsp3) is 0.500. The van der Waals surface area contributed by atoms with Crippen LogP contribution in [0, 0.1) is 23.5 Å². The van der Waals surface area contributed by atoms with Gasteiger partial charge in [-0.1, -0.05) is 0 Å². The summed E-state index contributed by atoms with van der Waals surface area (Å²) in [5.41, 5.74) is 0. The molecule has 1 N–H and O–H groups in total. The van der Waals surface area contributed by atoms with Gasteiger partial charge in [0.15, 0.2) is 0 Å². The third kappa shape index (κ3) is 2.28. The van der Waals surface area contributed by atoms with Gasteiger partial charge in [-0.3, -0.25) is 0 Å². The molecule has 1 aromatic carbocycles. The average Bonchev–Trinajstić information content (AvgIpc) is 2.85. The van der Waals surface area contributed by atoms with Crippen molar-refractivity contribution >= 4 is 26.0 Å². The van der Waals surface area contributed by atoms with E-state index in [-0.39, 0.29) is 16.3 Å². The van der Waals surface area contributed by atoms with Crippen molar-refractivity contribution < 1.29 is 17.2 Å². The van der Waals surface area contributed by atoms with E-state index in [9.17, 15) is 17.2 Å². The Labute approximate surface area is 124 Å². The topological polar surface area (TPSA) is 49.4 Å². The van der Waals surface area contributed by atoms with Crippen molar-refractivity contribution in [3.05, 3.63) is 28.2 Å². The summed E-state index contributed by atoms with van der Waals surface area (Å²) in [6.45, 7) is 2.32. The van der Waals surface area contributed by atoms with Gasteiger partial charge in [-0.25, -0.2) is 17.2 Å². The summed E-state index contributed by atoms with van der Waals surface area (Å²) in [4.78, 5) is -0.480. The predicted molar refractivity (Wildman–Crippen MR) is 72.7 cm³/mol. The summed E-state index contributed by atoms with van der Waals surface area (Å²) in [5.74, 6) is -1.33. The van der Waals surface area contributed by atoms with Gasteiger partial charge in [0.05, 0.1) is 0 Å². The molecule has 0 saturated carbocycles. The Kier molecular flexibility index (Phi) is 3.60. The standard InChI is InChI=1S/C12H13BrF2N2O2S/c13-10-1-9(14)2-11(15)12(10)20(18,19)17-5-7-3-16-4-8(7)6-17/h1-2,7-8,16H,3-6H2/t7-,8+. The van der Waals surface area contributed by atoms with E-state index < -0.39 is 26.6 Å². The first-order valence-corrected chi connectivity index (χ1v) is 8.48. The second-order valence-corrected chi connectivity index (χ2v) is 7.93. The number of nitrogens with one attached hydrogen (secondary N) is 1. The highest BCUT2D eigenvalue weighted by Crippen LogP contribution is 2.34. The van der Waals surface area contributed by atoms with E-state index in [2.05, 4.69) is 21.2 Å². The first kappa shape index (κ1) is 14.4. The molecular formula is C12H13BrF2N2O2S. The molecule has 20 heavy (non-hydrogen) atoms. The summed E-state index contributed by atoms with van der Waals surface area (Å²) >= 11 is 2.94. The van der Waals surface area contributed by atoms with Crippen LogP contribution < -0.4 is 5.32 Å². The molecule has 0 bridgehead atoms. The lowest BCUT2D eigenvalue weighted by Gasteiger charge is -2.18. The maximum Gasteiger partial charge on any atom is 0.247 e. The maximum absolute atomic E-state index is 13.9. The molecule has 8 heteroatoms. The van der Waals surface area contributed by atoms with E-state index in [1.54, 1.807) is 0 Å². The van der Waals surface area contributed by atoms with Crippen molar-refractivity contribution in [3.63, 3.8) is 0 Å². The van der Waals surface area contributed by atoms with Crippen LogP contribution in [0.1, 0.15) is 0 Å². The van der Waals surface area contributed by atoms with E-state index in [0.29, 0.717) is 19.2 Å². The van der Waals surface area contributed by atoms with Crippen molar-refractivity contribution in [1.29, 1.82) is 0 Å². The molecule has 0 spiro atoms. The van der Waals surface area contributed by atoms with Gasteiger partial charge in [0, 0.05) is 23.6 Å². The Bertz CT molecular complexity index is 618. The minimum Gasteiger partial charge on any atom is -0.316 e. The van der Waals surface area contributed by atoms with Crippen LogP contribution in [0.2, 0.25) is 0 Å². The van der Waals surface area contributed by atoms with Crippen molar-refractivity contribution in [3.8, 4) is 0 Å². The Hall–Kier alpha value is -0.570. The molecule has 0 amide bonds. The molecule has 3 rings (SSSR count). The normalized spacial score (nSPS) is 26.9. The molecule has 110 valence electrons. The second-order valence-electron chi connectivity index (χ2n) is 5.20. The minimum absolute atomic E-state index is 0.0785. The number of rotatable bonds is 2. The van der Waals surface area contributed by atoms with Gasteiger partial charge in [-0.15, -0.1) is 0 Å². The lowest BCUT2D eigenvalue weighted by Crippen LogP contribution is -2.32. The molecule has 0 radical (unpaired) electrons. The molecule has 2 heterocycles. The summed E-state index contributed by atoms with van der Waals surface area (Å²) in [6, 6.07) is 1.56. The molecule has 2 atom stereocenters. The highest BCUT2D eigenvalue weighted by atomic mass is 79.9. The number of hydrogen-bond donors (Lipinski definition) is 1. The summed E-state index contributed by atoms with van der Waals surface area (Å²) in [7, 11) is -3.94. The minimum atomic E-state index is -3.94. The summed E-state index contributed by atoms with van der Waals surface area (Å²) in [6.07, 6.45) is 0. The van der Waals surface area contributed by atoms with Gasteiger partial charge in [0.25, 0.3) is 0 Å². The fourth-order valence-electron chi connectivity index (χ4n) is 2.91. The van der Waals surface area contributed by atoms with Crippen molar-refractivity contribution in [2.45, 2.75) is 4.90 Å². The third-order valence-corrected chi connectivity index (χ3v) is 6.71. The Morgan fingerprint density at radius 3 is 2.35 bits per heavy atom. The van der Waals surface area contributed by atoms with Gasteiger partial charge in [0.2, 0.25) is 10.0 Å². The number of benzene rings is 1. The lowest BCUT2D eigenvalue weighted by atomic mass is 10.0. The van der Waals surface area contributed by atoms with Crippen LogP contribution in [0.4, 0.5) is 8.78 Å². The maximum atomic E-state index is 13.9. The molecule has 2 aliphatic rings. The Balaban J connectivity index is 1.97. The number of fused-ring (bicyclic) bond motifs is 1. The van der Waals surface area contributed by atoms with Gasteiger partial charge in [-0.05, 0) is 46.9 Å². The van der Waals surface area contributed by atoms with Crippen LogP contribution in [0.5, 0.6) is 0 Å². The van der Waals surface area contributed by atoms with Gasteiger partial charge in [0.1, 0.15) is 16.5 Å². The Morgan fingerprint density at radius 2 is 1.80 bits per heavy atom. The number of halogens is 3. The Morgan fingerprint density at radius 1 is 1.20 bits per heavy atom. The van der Waals surface area contributed by atoms with E-state index >= 15 is 0 Å². The van der Waals surface area contributed by atoms with Crippen LogP contribution in [-0.4, -0.2) is 38.9 Å². The van der Waals surface area contributed by atoms with E-state index in [0.717, 1.165) is 19.2 Å². The fourth-order valence-corrected chi connectivity index (χ4v) is 5.58. The van der Waals surface area contributed by atoms with Crippen molar-refractivity contribution in [2.75, 3.05) is 26.2 Å². The van der Waals surface area contributed by atoms with E-state index in [1.165, 1.54) is 4.31 Å². The molecule has 4 nitrogen and oxygen atoms in total. The molecule has 2 aliphatic heterocycles. The number of hydrogen-bond acceptors (Lipinski definition) is 3. The average molecular weight is 367 g/mol. The van der Waals surface area contributed by atoms with Gasteiger partial charge >= 0.3 is 0 Å². The largest absolute Gasteiger partial charge is 0.316 e. The van der Waals surface area contributed by atoms with Crippen LogP contribution in [0.25, 0.3) is 0 Å². The molecule has 0 aromatic heterocycles. The van der Waals surface area contributed by atoms with Crippen LogP contribution >= 0.6 is 15.9 Å². The zero-order valence-corrected chi connectivity index (χ0v) is 12.8. The smallest absolute Gasteiger partial charge is 0.247 e. The molecule has 0 unspecified atom stereocenters. The lowest BCUT2D eigenvalue weighted by molar-refractivity contribution is 0.441. The summed E-state index contributed by atoms with van der Waals surface area (Å²) < 4.78 is 53.2. The number of sulfonamides is 1. The van der Waals surface area contributed by atoms with E-state index in [1.807, 2.05) is 0 Å². The highest BCUT2D eigenvalue weighted by Gasteiger charge is 2.42. The quantitative estimate of drug-likeness (QED) is 0.864. The zero-order chi connectivity index (χ0) is 14.5. The van der Waals surface area contributed by atoms with Crippen LogP contribution in [0.3, 0.4) is 0 Å². The zero-order valence-electron chi connectivity index (χ0n) is 10.4. The van der Waals surface area contributed by atoms with E-state index in [4.69, 9.17) is 0 Å². The SMILES string of the molecule is O=S(=O)(c1c(F)cc(F)cc1Br)N1C[C@H]2CNC[C@H]2C1. The molecule has 2 saturated heterocycles. The monoisotopic (exact) mass is 366 g/mol. The predicted octanol–water partition coefficient (Wildman–Crippen LogP) is 1.57. The number of nitrogens with zero attached hydrogens (tertiary/aromatic N) is 1.